The Labute approximate surface area is 120 Å². The van der Waals surface area contributed by atoms with Gasteiger partial charge in [0.2, 0.25) is 0 Å². The molecule has 3 aromatic rings. The van der Waals surface area contributed by atoms with E-state index in [1.54, 1.807) is 23.5 Å². The topological polar surface area (TPSA) is 39.2 Å². The number of benzene rings is 2. The molecule has 0 radical (unpaired) electrons. The Bertz CT molecular complexity index is 750. The van der Waals surface area contributed by atoms with E-state index in [1.165, 1.54) is 0 Å². The minimum absolute atomic E-state index is 0.264. The van der Waals surface area contributed by atoms with Gasteiger partial charge in [-0.25, -0.2) is 9.78 Å². The average Bonchev–Trinajstić information content (AvgIpc) is 2.85. The second-order valence-electron chi connectivity index (χ2n) is 4.48. The van der Waals surface area contributed by atoms with Crippen LogP contribution in [-0.4, -0.2) is 11.0 Å². The smallest absolute Gasteiger partial charge is 0.338 e. The molecule has 0 N–H and O–H groups in total. The predicted molar refractivity (Wildman–Crippen MR) is 79.9 cm³/mol. The molecular formula is C16H13NO2S. The van der Waals surface area contributed by atoms with Crippen molar-refractivity contribution < 1.29 is 9.53 Å². The van der Waals surface area contributed by atoms with E-state index in [1.807, 2.05) is 43.3 Å². The standard InChI is InChI=1S/C16H13NO2S/c1-11-17-14-9-12(7-8-15(14)20-11)10-19-16(18)13-5-3-2-4-6-13/h2-9H,10H2,1H3. The SMILES string of the molecule is Cc1nc2cc(COC(=O)c3ccccc3)ccc2s1. The molecule has 20 heavy (non-hydrogen) atoms. The maximum Gasteiger partial charge on any atom is 0.338 e. The van der Waals surface area contributed by atoms with Gasteiger partial charge in [-0.1, -0.05) is 24.3 Å². The lowest BCUT2D eigenvalue weighted by Gasteiger charge is -2.04. The summed E-state index contributed by atoms with van der Waals surface area (Å²) in [6, 6.07) is 15.0. The Balaban J connectivity index is 1.72. The fourth-order valence-electron chi connectivity index (χ4n) is 1.98. The summed E-state index contributed by atoms with van der Waals surface area (Å²) in [6.07, 6.45) is 0. The van der Waals surface area contributed by atoms with Gasteiger partial charge in [0.05, 0.1) is 20.8 Å². The predicted octanol–water partition coefficient (Wildman–Crippen LogP) is 3.96. The summed E-state index contributed by atoms with van der Waals surface area (Å²) in [7, 11) is 0. The molecule has 100 valence electrons. The van der Waals surface area contributed by atoms with Gasteiger partial charge in [0.1, 0.15) is 6.61 Å². The molecule has 0 fully saturated rings. The van der Waals surface area contributed by atoms with E-state index in [9.17, 15) is 4.79 Å². The molecule has 0 aliphatic rings. The molecule has 0 bridgehead atoms. The van der Waals surface area contributed by atoms with Crippen molar-refractivity contribution in [2.75, 3.05) is 0 Å². The first-order valence-corrected chi connectivity index (χ1v) is 7.12. The molecule has 0 amide bonds. The number of thiazole rings is 1. The van der Waals surface area contributed by atoms with E-state index in [2.05, 4.69) is 4.98 Å². The van der Waals surface area contributed by atoms with E-state index in [-0.39, 0.29) is 12.6 Å². The number of aromatic nitrogens is 1. The number of nitrogens with zero attached hydrogens (tertiary/aromatic N) is 1. The summed E-state index contributed by atoms with van der Waals surface area (Å²) < 4.78 is 6.46. The van der Waals surface area contributed by atoms with Gasteiger partial charge >= 0.3 is 5.97 Å². The highest BCUT2D eigenvalue weighted by atomic mass is 32.1. The van der Waals surface area contributed by atoms with Gasteiger partial charge in [0, 0.05) is 0 Å². The monoisotopic (exact) mass is 283 g/mol. The lowest BCUT2D eigenvalue weighted by Crippen LogP contribution is -2.04. The molecule has 3 nitrogen and oxygen atoms in total. The number of esters is 1. The highest BCUT2D eigenvalue weighted by Crippen LogP contribution is 2.22. The second-order valence-corrected chi connectivity index (χ2v) is 5.71. The van der Waals surface area contributed by atoms with Crippen LogP contribution in [0.15, 0.2) is 48.5 Å². The summed E-state index contributed by atoms with van der Waals surface area (Å²) in [4.78, 5) is 16.3. The quantitative estimate of drug-likeness (QED) is 0.683. The molecule has 3 rings (SSSR count). The van der Waals surface area contributed by atoms with Gasteiger partial charge in [-0.2, -0.15) is 0 Å². The first-order valence-electron chi connectivity index (χ1n) is 6.30. The third-order valence-corrected chi connectivity index (χ3v) is 3.89. The molecule has 0 saturated heterocycles. The zero-order chi connectivity index (χ0) is 13.9. The molecule has 0 aliphatic carbocycles. The normalized spacial score (nSPS) is 10.7. The zero-order valence-electron chi connectivity index (χ0n) is 11.0. The maximum absolute atomic E-state index is 11.8. The summed E-state index contributed by atoms with van der Waals surface area (Å²) >= 11 is 1.66. The number of rotatable bonds is 3. The third-order valence-electron chi connectivity index (χ3n) is 2.94. The highest BCUT2D eigenvalue weighted by Gasteiger charge is 2.07. The van der Waals surface area contributed by atoms with Gasteiger partial charge in [-0.05, 0) is 36.8 Å². The van der Waals surface area contributed by atoms with Gasteiger partial charge in [0.15, 0.2) is 0 Å². The highest BCUT2D eigenvalue weighted by molar-refractivity contribution is 7.18. The summed E-state index contributed by atoms with van der Waals surface area (Å²) in [6.45, 7) is 2.25. The molecule has 0 atom stereocenters. The summed E-state index contributed by atoms with van der Waals surface area (Å²) in [5.74, 6) is -0.305. The third kappa shape index (κ3) is 2.70. The summed E-state index contributed by atoms with van der Waals surface area (Å²) in [5, 5.41) is 1.04. The minimum Gasteiger partial charge on any atom is -0.457 e. The number of ether oxygens (including phenoxy) is 1. The Morgan fingerprint density at radius 1 is 1.20 bits per heavy atom. The van der Waals surface area contributed by atoms with Crippen molar-refractivity contribution in [1.82, 2.24) is 4.98 Å². The minimum atomic E-state index is -0.305. The van der Waals surface area contributed by atoms with Crippen LogP contribution in [0.1, 0.15) is 20.9 Å². The lowest BCUT2D eigenvalue weighted by atomic mass is 10.2. The van der Waals surface area contributed by atoms with Crippen LogP contribution in [0.3, 0.4) is 0 Å². The molecule has 0 unspecified atom stereocenters. The van der Waals surface area contributed by atoms with E-state index < -0.39 is 0 Å². The molecule has 0 saturated carbocycles. The van der Waals surface area contributed by atoms with Crippen LogP contribution in [0.4, 0.5) is 0 Å². The molecule has 0 aliphatic heterocycles. The molecule has 4 heteroatoms. The first kappa shape index (κ1) is 12.8. The van der Waals surface area contributed by atoms with Gasteiger partial charge in [-0.3, -0.25) is 0 Å². The van der Waals surface area contributed by atoms with Crippen molar-refractivity contribution in [3.05, 3.63) is 64.7 Å². The van der Waals surface area contributed by atoms with Crippen LogP contribution in [0.5, 0.6) is 0 Å². The fourth-order valence-corrected chi connectivity index (χ4v) is 2.79. The van der Waals surface area contributed by atoms with E-state index in [0.717, 1.165) is 20.8 Å². The van der Waals surface area contributed by atoms with Crippen LogP contribution in [0.25, 0.3) is 10.2 Å². The van der Waals surface area contributed by atoms with Crippen molar-refractivity contribution >= 4 is 27.5 Å². The molecule has 0 spiro atoms. The summed E-state index contributed by atoms with van der Waals surface area (Å²) in [5.41, 5.74) is 2.48. The Kier molecular flexibility index (Phi) is 3.48. The number of fused-ring (bicyclic) bond motifs is 1. The van der Waals surface area contributed by atoms with E-state index in [4.69, 9.17) is 4.74 Å². The van der Waals surface area contributed by atoms with Crippen LogP contribution >= 0.6 is 11.3 Å². The number of aryl methyl sites for hydroxylation is 1. The molecule has 1 aromatic heterocycles. The van der Waals surface area contributed by atoms with Gasteiger partial charge in [0.25, 0.3) is 0 Å². The van der Waals surface area contributed by atoms with Crippen molar-refractivity contribution in [3.63, 3.8) is 0 Å². The number of hydrogen-bond acceptors (Lipinski definition) is 4. The van der Waals surface area contributed by atoms with Crippen LogP contribution in [0.2, 0.25) is 0 Å². The Hall–Kier alpha value is -2.20. The van der Waals surface area contributed by atoms with Crippen molar-refractivity contribution in [3.8, 4) is 0 Å². The first-order chi connectivity index (χ1) is 9.72. The lowest BCUT2D eigenvalue weighted by molar-refractivity contribution is 0.0473. The second kappa shape index (κ2) is 5.43. The average molecular weight is 283 g/mol. The van der Waals surface area contributed by atoms with E-state index >= 15 is 0 Å². The largest absolute Gasteiger partial charge is 0.457 e. The number of carbonyl (C=O) groups is 1. The van der Waals surface area contributed by atoms with Crippen molar-refractivity contribution in [1.29, 1.82) is 0 Å². The van der Waals surface area contributed by atoms with Crippen molar-refractivity contribution in [2.24, 2.45) is 0 Å². The van der Waals surface area contributed by atoms with Gasteiger partial charge < -0.3 is 4.74 Å². The Morgan fingerprint density at radius 2 is 2.00 bits per heavy atom. The van der Waals surface area contributed by atoms with Crippen LogP contribution in [0, 0.1) is 6.92 Å². The van der Waals surface area contributed by atoms with E-state index in [0.29, 0.717) is 5.56 Å². The molecule has 1 heterocycles. The van der Waals surface area contributed by atoms with Crippen LogP contribution < -0.4 is 0 Å². The van der Waals surface area contributed by atoms with Gasteiger partial charge in [-0.15, -0.1) is 11.3 Å². The number of hydrogen-bond donors (Lipinski definition) is 0. The fraction of sp³-hybridized carbons (Fsp3) is 0.125. The molecule has 2 aromatic carbocycles. The zero-order valence-corrected chi connectivity index (χ0v) is 11.8. The number of carbonyl (C=O) groups excluding carboxylic acids is 1. The molecular weight excluding hydrogens is 270 g/mol. The Morgan fingerprint density at radius 3 is 2.80 bits per heavy atom. The maximum atomic E-state index is 11.8. The van der Waals surface area contributed by atoms with Crippen LogP contribution in [-0.2, 0) is 11.3 Å². The van der Waals surface area contributed by atoms with Crippen molar-refractivity contribution in [2.45, 2.75) is 13.5 Å².